The van der Waals surface area contributed by atoms with E-state index in [1.807, 2.05) is 32.9 Å². The van der Waals surface area contributed by atoms with Crippen molar-refractivity contribution in [1.29, 1.82) is 0 Å². The molecule has 0 unspecified atom stereocenters. The van der Waals surface area contributed by atoms with Crippen LogP contribution in [0.4, 0.5) is 5.13 Å². The molecule has 0 aliphatic carbocycles. The van der Waals surface area contributed by atoms with Gasteiger partial charge in [0.2, 0.25) is 5.13 Å². The van der Waals surface area contributed by atoms with Gasteiger partial charge in [0, 0.05) is 10.9 Å². The molecule has 22 heavy (non-hydrogen) atoms. The van der Waals surface area contributed by atoms with Crippen LogP contribution in [0.25, 0.3) is 10.9 Å². The molecule has 2 heterocycles. The van der Waals surface area contributed by atoms with Crippen LogP contribution < -0.4 is 11.1 Å². The molecular formula is C15H17N5OS. The molecule has 2 aromatic heterocycles. The summed E-state index contributed by atoms with van der Waals surface area (Å²) in [6, 6.07) is 5.85. The lowest BCUT2D eigenvalue weighted by Gasteiger charge is -2.10. The lowest BCUT2D eigenvalue weighted by atomic mass is 10.1. The van der Waals surface area contributed by atoms with E-state index in [9.17, 15) is 4.79 Å². The number of amides is 1. The number of carbonyl (C=O) groups is 1. The Balaban J connectivity index is 1.87. The minimum absolute atomic E-state index is 0.160. The molecule has 0 spiro atoms. The summed E-state index contributed by atoms with van der Waals surface area (Å²) in [6.07, 6.45) is 0. The number of carbonyl (C=O) groups excluding carboxylic acids is 1. The third-order valence-corrected chi connectivity index (χ3v) is 4.55. The van der Waals surface area contributed by atoms with Gasteiger partial charge in [0.05, 0.1) is 6.04 Å². The fourth-order valence-corrected chi connectivity index (χ4v) is 3.03. The Morgan fingerprint density at radius 3 is 2.82 bits per heavy atom. The average Bonchev–Trinajstić information content (AvgIpc) is 3.04. The Hall–Kier alpha value is -2.41. The second kappa shape index (κ2) is 5.42. The Kier molecular flexibility index (Phi) is 3.58. The second-order valence-electron chi connectivity index (χ2n) is 5.35. The van der Waals surface area contributed by atoms with Gasteiger partial charge in [-0.1, -0.05) is 23.0 Å². The van der Waals surface area contributed by atoms with E-state index in [1.54, 1.807) is 0 Å². The van der Waals surface area contributed by atoms with Crippen molar-refractivity contribution in [1.82, 2.24) is 20.5 Å². The first-order chi connectivity index (χ1) is 10.5. The SMILES string of the molecule is Cc1ccc2[nH]c(C(=O)N[C@@H](C)c3nnc(N)s3)c(C)c2c1. The van der Waals surface area contributed by atoms with Gasteiger partial charge in [-0.25, -0.2) is 0 Å². The summed E-state index contributed by atoms with van der Waals surface area (Å²) >= 11 is 1.27. The maximum Gasteiger partial charge on any atom is 0.268 e. The summed E-state index contributed by atoms with van der Waals surface area (Å²) in [7, 11) is 0. The summed E-state index contributed by atoms with van der Waals surface area (Å²) in [6.45, 7) is 5.84. The summed E-state index contributed by atoms with van der Waals surface area (Å²) in [5.74, 6) is -0.160. The highest BCUT2D eigenvalue weighted by Crippen LogP contribution is 2.24. The van der Waals surface area contributed by atoms with Crippen LogP contribution in [0.3, 0.4) is 0 Å². The predicted molar refractivity (Wildman–Crippen MR) is 88.0 cm³/mol. The van der Waals surface area contributed by atoms with Crippen molar-refractivity contribution in [3.05, 3.63) is 40.0 Å². The molecule has 0 saturated heterocycles. The third kappa shape index (κ3) is 2.55. The molecule has 1 amide bonds. The molecule has 114 valence electrons. The number of rotatable bonds is 3. The van der Waals surface area contributed by atoms with E-state index in [2.05, 4.69) is 26.6 Å². The number of aromatic amines is 1. The summed E-state index contributed by atoms with van der Waals surface area (Å²) in [5.41, 5.74) is 9.22. The lowest BCUT2D eigenvalue weighted by Crippen LogP contribution is -2.27. The van der Waals surface area contributed by atoms with Crippen molar-refractivity contribution in [2.45, 2.75) is 26.8 Å². The van der Waals surface area contributed by atoms with Crippen molar-refractivity contribution in [2.75, 3.05) is 5.73 Å². The van der Waals surface area contributed by atoms with Gasteiger partial charge in [-0.3, -0.25) is 4.79 Å². The average molecular weight is 315 g/mol. The van der Waals surface area contributed by atoms with Crippen LogP contribution in [-0.2, 0) is 0 Å². The number of benzene rings is 1. The maximum absolute atomic E-state index is 12.5. The van der Waals surface area contributed by atoms with Gasteiger partial charge in [0.25, 0.3) is 5.91 Å². The number of aryl methyl sites for hydroxylation is 2. The quantitative estimate of drug-likeness (QED) is 0.692. The molecule has 3 aromatic rings. The molecule has 4 N–H and O–H groups in total. The molecule has 0 aliphatic rings. The van der Waals surface area contributed by atoms with Gasteiger partial charge >= 0.3 is 0 Å². The Labute approximate surface area is 131 Å². The zero-order valence-corrected chi connectivity index (χ0v) is 13.4. The van der Waals surface area contributed by atoms with E-state index in [4.69, 9.17) is 5.73 Å². The largest absolute Gasteiger partial charge is 0.374 e. The van der Waals surface area contributed by atoms with E-state index in [0.717, 1.165) is 16.5 Å². The maximum atomic E-state index is 12.5. The third-order valence-electron chi connectivity index (χ3n) is 3.62. The normalized spacial score (nSPS) is 12.5. The molecule has 1 atom stereocenters. The summed E-state index contributed by atoms with van der Waals surface area (Å²) in [4.78, 5) is 15.7. The molecule has 0 aliphatic heterocycles. The first-order valence-electron chi connectivity index (χ1n) is 6.94. The number of anilines is 1. The fourth-order valence-electron chi connectivity index (χ4n) is 2.42. The number of H-pyrrole nitrogens is 1. The molecule has 6 nitrogen and oxygen atoms in total. The number of nitrogens with two attached hydrogens (primary N) is 1. The summed E-state index contributed by atoms with van der Waals surface area (Å²) in [5, 5.41) is 12.8. The van der Waals surface area contributed by atoms with Gasteiger partial charge in [0.1, 0.15) is 10.7 Å². The Bertz CT molecular complexity index is 851. The highest BCUT2D eigenvalue weighted by molar-refractivity contribution is 7.15. The molecule has 0 saturated carbocycles. The van der Waals surface area contributed by atoms with Crippen LogP contribution in [0.15, 0.2) is 18.2 Å². The van der Waals surface area contributed by atoms with Crippen molar-refractivity contribution >= 4 is 33.3 Å². The van der Waals surface area contributed by atoms with Crippen LogP contribution in [0.2, 0.25) is 0 Å². The highest BCUT2D eigenvalue weighted by atomic mass is 32.1. The minimum atomic E-state index is -0.241. The van der Waals surface area contributed by atoms with E-state index < -0.39 is 0 Å². The Morgan fingerprint density at radius 1 is 1.36 bits per heavy atom. The fraction of sp³-hybridized carbons (Fsp3) is 0.267. The van der Waals surface area contributed by atoms with Crippen LogP contribution in [0, 0.1) is 13.8 Å². The zero-order chi connectivity index (χ0) is 15.9. The zero-order valence-electron chi connectivity index (χ0n) is 12.6. The van der Waals surface area contributed by atoms with Gasteiger partial charge in [-0.2, -0.15) is 0 Å². The number of nitrogens with one attached hydrogen (secondary N) is 2. The number of nitrogen functional groups attached to an aromatic ring is 1. The molecule has 1 aromatic carbocycles. The number of hydrogen-bond donors (Lipinski definition) is 3. The van der Waals surface area contributed by atoms with Gasteiger partial charge in [-0.05, 0) is 38.5 Å². The van der Waals surface area contributed by atoms with Crippen molar-refractivity contribution in [2.24, 2.45) is 0 Å². The van der Waals surface area contributed by atoms with Gasteiger partial charge in [0.15, 0.2) is 0 Å². The van der Waals surface area contributed by atoms with Crippen molar-refractivity contribution in [3.63, 3.8) is 0 Å². The van der Waals surface area contributed by atoms with Gasteiger partial charge in [-0.15, -0.1) is 10.2 Å². The topological polar surface area (TPSA) is 96.7 Å². The number of aromatic nitrogens is 3. The standard InChI is InChI=1S/C15H17N5OS/c1-7-4-5-11-10(6-7)8(2)12(18-11)13(21)17-9(3)14-19-20-15(16)22-14/h4-6,9,18H,1-3H3,(H2,16,20)(H,17,21)/t9-/m0/s1. The van der Waals surface area contributed by atoms with E-state index in [1.165, 1.54) is 16.9 Å². The lowest BCUT2D eigenvalue weighted by molar-refractivity contribution is 0.0935. The van der Waals surface area contributed by atoms with Crippen LogP contribution in [0.1, 0.15) is 39.6 Å². The molecule has 0 radical (unpaired) electrons. The molecule has 0 fully saturated rings. The van der Waals surface area contributed by atoms with Crippen molar-refractivity contribution in [3.8, 4) is 0 Å². The Morgan fingerprint density at radius 2 is 2.14 bits per heavy atom. The van der Waals surface area contributed by atoms with E-state index in [0.29, 0.717) is 15.8 Å². The summed E-state index contributed by atoms with van der Waals surface area (Å²) < 4.78 is 0. The van der Waals surface area contributed by atoms with E-state index >= 15 is 0 Å². The molecule has 7 heteroatoms. The number of fused-ring (bicyclic) bond motifs is 1. The van der Waals surface area contributed by atoms with Crippen molar-refractivity contribution < 1.29 is 4.79 Å². The monoisotopic (exact) mass is 315 g/mol. The minimum Gasteiger partial charge on any atom is -0.374 e. The van der Waals surface area contributed by atoms with E-state index in [-0.39, 0.29) is 11.9 Å². The number of hydrogen-bond acceptors (Lipinski definition) is 5. The van der Waals surface area contributed by atoms with Crippen LogP contribution in [-0.4, -0.2) is 21.1 Å². The van der Waals surface area contributed by atoms with Crippen LogP contribution >= 0.6 is 11.3 Å². The first kappa shape index (κ1) is 14.5. The first-order valence-corrected chi connectivity index (χ1v) is 7.76. The van der Waals surface area contributed by atoms with Crippen LogP contribution in [0.5, 0.6) is 0 Å². The number of nitrogens with zero attached hydrogens (tertiary/aromatic N) is 2. The molecular weight excluding hydrogens is 298 g/mol. The predicted octanol–water partition coefficient (Wildman–Crippen LogP) is 2.71. The second-order valence-corrected chi connectivity index (χ2v) is 6.39. The molecule has 0 bridgehead atoms. The van der Waals surface area contributed by atoms with Gasteiger partial charge < -0.3 is 16.0 Å². The highest BCUT2D eigenvalue weighted by Gasteiger charge is 2.19. The molecule has 3 rings (SSSR count). The smallest absolute Gasteiger partial charge is 0.268 e.